The molecule has 1 aliphatic carbocycles. The van der Waals surface area contributed by atoms with E-state index in [0.29, 0.717) is 5.41 Å². The van der Waals surface area contributed by atoms with Gasteiger partial charge in [-0.25, -0.2) is 0 Å². The summed E-state index contributed by atoms with van der Waals surface area (Å²) in [4.78, 5) is 0. The quantitative estimate of drug-likeness (QED) is 0.875. The van der Waals surface area contributed by atoms with Gasteiger partial charge in [-0.1, -0.05) is 25.1 Å². The van der Waals surface area contributed by atoms with E-state index in [2.05, 4.69) is 41.6 Å². The van der Waals surface area contributed by atoms with Crippen LogP contribution < -0.4 is 5.32 Å². The Hall–Kier alpha value is -1.35. The van der Waals surface area contributed by atoms with Crippen molar-refractivity contribution >= 4 is 10.9 Å². The lowest BCUT2D eigenvalue weighted by molar-refractivity contribution is 0.441. The van der Waals surface area contributed by atoms with Crippen molar-refractivity contribution in [2.75, 3.05) is 6.54 Å². The number of para-hydroxylation sites is 1. The number of fused-ring (bicyclic) bond motifs is 1. The maximum atomic E-state index is 4.61. The second-order valence-corrected chi connectivity index (χ2v) is 5.54. The first-order valence-electron chi connectivity index (χ1n) is 6.85. The fraction of sp³-hybridized carbons (Fsp3) is 0.533. The molecule has 0 spiro atoms. The lowest BCUT2D eigenvalue weighted by atomic mass is 10.0. The van der Waals surface area contributed by atoms with Crippen LogP contribution in [0.1, 0.15) is 31.9 Å². The van der Waals surface area contributed by atoms with Crippen molar-refractivity contribution in [2.24, 2.45) is 12.5 Å². The van der Waals surface area contributed by atoms with Gasteiger partial charge in [-0.3, -0.25) is 4.68 Å². The molecule has 1 aromatic carbocycles. The van der Waals surface area contributed by atoms with Gasteiger partial charge in [0.2, 0.25) is 0 Å². The van der Waals surface area contributed by atoms with E-state index in [-0.39, 0.29) is 0 Å². The molecule has 3 heteroatoms. The van der Waals surface area contributed by atoms with E-state index >= 15 is 0 Å². The summed E-state index contributed by atoms with van der Waals surface area (Å²) in [7, 11) is 2.01. The molecule has 0 atom stereocenters. The van der Waals surface area contributed by atoms with Crippen LogP contribution in [0, 0.1) is 5.41 Å². The second kappa shape index (κ2) is 4.39. The van der Waals surface area contributed by atoms with Gasteiger partial charge in [0.15, 0.2) is 0 Å². The Kier molecular flexibility index (Phi) is 2.86. The largest absolute Gasteiger partial charge is 0.311 e. The minimum atomic E-state index is 0.602. The minimum Gasteiger partial charge on any atom is -0.311 e. The van der Waals surface area contributed by atoms with E-state index in [4.69, 9.17) is 0 Å². The summed E-state index contributed by atoms with van der Waals surface area (Å²) in [6.45, 7) is 4.31. The highest BCUT2D eigenvalue weighted by Crippen LogP contribution is 2.47. The Bertz CT molecular complexity index is 552. The van der Waals surface area contributed by atoms with Crippen molar-refractivity contribution in [1.29, 1.82) is 0 Å². The number of aromatic nitrogens is 2. The van der Waals surface area contributed by atoms with Crippen LogP contribution in [0.15, 0.2) is 24.3 Å². The molecule has 1 saturated carbocycles. The Labute approximate surface area is 108 Å². The maximum absolute atomic E-state index is 4.61. The number of rotatable bonds is 5. The van der Waals surface area contributed by atoms with E-state index in [0.717, 1.165) is 13.1 Å². The van der Waals surface area contributed by atoms with Gasteiger partial charge >= 0.3 is 0 Å². The molecule has 3 rings (SSSR count). The van der Waals surface area contributed by atoms with Crippen LogP contribution in [0.3, 0.4) is 0 Å². The van der Waals surface area contributed by atoms with Crippen LogP contribution >= 0.6 is 0 Å². The van der Waals surface area contributed by atoms with Gasteiger partial charge in [0.1, 0.15) is 0 Å². The van der Waals surface area contributed by atoms with E-state index < -0.39 is 0 Å². The van der Waals surface area contributed by atoms with Crippen LogP contribution in [0.2, 0.25) is 0 Å². The highest BCUT2D eigenvalue weighted by atomic mass is 15.3. The van der Waals surface area contributed by atoms with Gasteiger partial charge in [-0.2, -0.15) is 5.10 Å². The molecule has 1 heterocycles. The maximum Gasteiger partial charge on any atom is 0.0841 e. The molecular formula is C15H21N3. The number of aryl methyl sites for hydroxylation is 1. The highest BCUT2D eigenvalue weighted by Gasteiger charge is 2.39. The summed E-state index contributed by atoms with van der Waals surface area (Å²) in [5.74, 6) is 0. The molecule has 3 nitrogen and oxygen atoms in total. The summed E-state index contributed by atoms with van der Waals surface area (Å²) in [6, 6.07) is 8.44. The molecule has 0 amide bonds. The van der Waals surface area contributed by atoms with Crippen molar-refractivity contribution in [1.82, 2.24) is 15.1 Å². The molecule has 2 aromatic rings. The summed E-state index contributed by atoms with van der Waals surface area (Å²) in [5.41, 5.74) is 2.98. The Morgan fingerprint density at radius 3 is 2.83 bits per heavy atom. The summed E-state index contributed by atoms with van der Waals surface area (Å²) in [6.07, 6.45) is 4.07. The first-order valence-corrected chi connectivity index (χ1v) is 6.85. The van der Waals surface area contributed by atoms with Gasteiger partial charge in [0, 0.05) is 25.5 Å². The number of hydrogen-bond donors (Lipinski definition) is 1. The molecular weight excluding hydrogens is 222 g/mol. The number of hydrogen-bond acceptors (Lipinski definition) is 2. The second-order valence-electron chi connectivity index (χ2n) is 5.54. The van der Waals surface area contributed by atoms with Crippen molar-refractivity contribution in [3.05, 3.63) is 30.0 Å². The zero-order valence-corrected chi connectivity index (χ0v) is 11.2. The van der Waals surface area contributed by atoms with Crippen LogP contribution in [-0.2, 0) is 13.6 Å². The molecule has 1 aromatic heterocycles. The average molecular weight is 243 g/mol. The standard InChI is InChI=1S/C15H21N3/c1-3-15(8-9-15)11-16-10-13-12-6-4-5-7-14(12)18(2)17-13/h4-7,16H,3,8-11H2,1-2H3. The third kappa shape index (κ3) is 2.03. The van der Waals surface area contributed by atoms with E-state index in [9.17, 15) is 0 Å². The highest BCUT2D eigenvalue weighted by molar-refractivity contribution is 5.81. The molecule has 1 fully saturated rings. The Morgan fingerprint density at radius 1 is 1.33 bits per heavy atom. The normalized spacial score (nSPS) is 17.2. The summed E-state index contributed by atoms with van der Waals surface area (Å²) in [5, 5.41) is 9.47. The first-order chi connectivity index (χ1) is 8.74. The topological polar surface area (TPSA) is 29.9 Å². The van der Waals surface area contributed by atoms with Crippen LogP contribution in [0.5, 0.6) is 0 Å². The zero-order valence-electron chi connectivity index (χ0n) is 11.2. The Balaban J connectivity index is 1.71. The average Bonchev–Trinajstić information content (AvgIpc) is 3.11. The number of nitrogens with zero attached hydrogens (tertiary/aromatic N) is 2. The van der Waals surface area contributed by atoms with E-state index in [1.807, 2.05) is 11.7 Å². The fourth-order valence-electron chi connectivity index (χ4n) is 2.70. The van der Waals surface area contributed by atoms with Crippen LogP contribution in [0.25, 0.3) is 10.9 Å². The first kappa shape index (κ1) is 11.7. The fourth-order valence-corrected chi connectivity index (χ4v) is 2.70. The van der Waals surface area contributed by atoms with Crippen molar-refractivity contribution in [3.8, 4) is 0 Å². The molecule has 1 N–H and O–H groups in total. The molecule has 0 saturated heterocycles. The van der Waals surface area contributed by atoms with Crippen molar-refractivity contribution < 1.29 is 0 Å². The lowest BCUT2D eigenvalue weighted by Gasteiger charge is -2.12. The lowest BCUT2D eigenvalue weighted by Crippen LogP contribution is -2.23. The summed E-state index contributed by atoms with van der Waals surface area (Å²) < 4.78 is 1.97. The van der Waals surface area contributed by atoms with Gasteiger partial charge in [0.05, 0.1) is 11.2 Å². The van der Waals surface area contributed by atoms with Crippen LogP contribution in [-0.4, -0.2) is 16.3 Å². The molecule has 0 aliphatic heterocycles. The van der Waals surface area contributed by atoms with Gasteiger partial charge < -0.3 is 5.32 Å². The molecule has 0 bridgehead atoms. The predicted molar refractivity (Wildman–Crippen MR) is 74.4 cm³/mol. The van der Waals surface area contributed by atoms with Crippen molar-refractivity contribution in [2.45, 2.75) is 32.7 Å². The molecule has 0 radical (unpaired) electrons. The third-order valence-corrected chi connectivity index (χ3v) is 4.33. The molecule has 1 aliphatic rings. The monoisotopic (exact) mass is 243 g/mol. The smallest absolute Gasteiger partial charge is 0.0841 e. The van der Waals surface area contributed by atoms with E-state index in [1.54, 1.807) is 0 Å². The molecule has 18 heavy (non-hydrogen) atoms. The zero-order chi connectivity index (χ0) is 12.6. The Morgan fingerprint density at radius 2 is 2.11 bits per heavy atom. The third-order valence-electron chi connectivity index (χ3n) is 4.33. The van der Waals surface area contributed by atoms with Gasteiger partial charge in [-0.05, 0) is 30.7 Å². The van der Waals surface area contributed by atoms with Crippen LogP contribution in [0.4, 0.5) is 0 Å². The molecule has 96 valence electrons. The summed E-state index contributed by atoms with van der Waals surface area (Å²) >= 11 is 0. The van der Waals surface area contributed by atoms with Crippen molar-refractivity contribution in [3.63, 3.8) is 0 Å². The predicted octanol–water partition coefficient (Wildman–Crippen LogP) is 2.85. The van der Waals surface area contributed by atoms with Gasteiger partial charge in [0.25, 0.3) is 0 Å². The SMILES string of the molecule is CCC1(CNCc2nn(C)c3ccccc23)CC1. The number of benzene rings is 1. The molecule has 0 unspecified atom stereocenters. The van der Waals surface area contributed by atoms with Gasteiger partial charge in [-0.15, -0.1) is 0 Å². The minimum absolute atomic E-state index is 0.602. The number of nitrogens with one attached hydrogen (secondary N) is 1. The van der Waals surface area contributed by atoms with E-state index in [1.165, 1.54) is 35.9 Å².